The molecule has 0 spiro atoms. The number of rotatable bonds is 4. The fourth-order valence-electron chi connectivity index (χ4n) is 3.16. The van der Waals surface area contributed by atoms with Crippen LogP contribution in [0.15, 0.2) is 36.4 Å². The van der Waals surface area contributed by atoms with Gasteiger partial charge in [0, 0.05) is 22.7 Å². The van der Waals surface area contributed by atoms with Crippen molar-refractivity contribution >= 4 is 12.1 Å². The first kappa shape index (κ1) is 20.1. The monoisotopic (exact) mass is 390 g/mol. The highest BCUT2D eigenvalue weighted by atomic mass is 19.4. The van der Waals surface area contributed by atoms with Gasteiger partial charge >= 0.3 is 6.18 Å². The van der Waals surface area contributed by atoms with Crippen molar-refractivity contribution in [2.45, 2.75) is 52.9 Å². The molecule has 0 aliphatic carbocycles. The molecular formula is C22H25F3N2O. The number of halogens is 3. The van der Waals surface area contributed by atoms with E-state index >= 15 is 0 Å². The van der Waals surface area contributed by atoms with Crippen molar-refractivity contribution in [3.63, 3.8) is 0 Å². The maximum Gasteiger partial charge on any atom is 0.425 e. The van der Waals surface area contributed by atoms with Crippen LogP contribution in [0.4, 0.5) is 13.2 Å². The average molecular weight is 390 g/mol. The van der Waals surface area contributed by atoms with Crippen LogP contribution < -0.4 is 15.9 Å². The number of hydrazine groups is 1. The first-order valence-electron chi connectivity index (χ1n) is 9.29. The van der Waals surface area contributed by atoms with Crippen LogP contribution in [0.2, 0.25) is 0 Å². The summed E-state index contributed by atoms with van der Waals surface area (Å²) in [4.78, 5) is 0. The molecule has 0 unspecified atom stereocenters. The van der Waals surface area contributed by atoms with E-state index in [9.17, 15) is 13.2 Å². The van der Waals surface area contributed by atoms with E-state index < -0.39 is 12.3 Å². The summed E-state index contributed by atoms with van der Waals surface area (Å²) in [6.07, 6.45) is -4.54. The third-order valence-corrected chi connectivity index (χ3v) is 4.83. The van der Waals surface area contributed by atoms with Gasteiger partial charge in [-0.2, -0.15) is 13.2 Å². The van der Waals surface area contributed by atoms with Gasteiger partial charge in [0.2, 0.25) is 5.88 Å². The largest absolute Gasteiger partial charge is 0.465 e. The molecule has 1 heterocycles. The lowest BCUT2D eigenvalue weighted by Gasteiger charge is -2.34. The number of fused-ring (bicyclic) bond motifs is 1. The second-order valence-electron chi connectivity index (χ2n) is 7.46. The summed E-state index contributed by atoms with van der Waals surface area (Å²) >= 11 is 0. The molecule has 1 N–H and O–H groups in total. The fourth-order valence-corrected chi connectivity index (χ4v) is 3.16. The predicted octanol–water partition coefficient (Wildman–Crippen LogP) is 3.97. The summed E-state index contributed by atoms with van der Waals surface area (Å²) in [5, 5.41) is 3.04. The van der Waals surface area contributed by atoms with Gasteiger partial charge in [-0.3, -0.25) is 5.01 Å². The molecule has 0 saturated heterocycles. The van der Waals surface area contributed by atoms with Crippen LogP contribution in [0.25, 0.3) is 23.2 Å². The van der Waals surface area contributed by atoms with E-state index in [0.717, 1.165) is 34.4 Å². The summed E-state index contributed by atoms with van der Waals surface area (Å²) in [6.45, 7) is 8.87. The van der Waals surface area contributed by atoms with E-state index in [1.54, 1.807) is 11.2 Å². The SMILES string of the molecule is Cc1ccc(C)c(-c2ccc3c(c2)=CNN(C(C)C)C=3O[C@H](C)C(F)(F)F)c1. The van der Waals surface area contributed by atoms with Crippen LogP contribution in [0.3, 0.4) is 0 Å². The lowest BCUT2D eigenvalue weighted by atomic mass is 9.97. The number of nitrogens with one attached hydrogen (secondary N) is 1. The molecule has 1 atom stereocenters. The van der Waals surface area contributed by atoms with Gasteiger partial charge in [0.15, 0.2) is 6.10 Å². The standard InChI is InChI=1S/C22H25F3N2O/c1-13(2)27-21(28-16(5)22(23,24)25)19-9-8-17(11-18(19)12-26-27)20-10-14(3)6-7-15(20)4/h6-13,16,26H,1-5H3/t16-/m1/s1. The molecule has 0 bridgehead atoms. The number of aryl methyl sites for hydroxylation is 2. The summed E-state index contributed by atoms with van der Waals surface area (Å²) in [7, 11) is 0. The fraction of sp³-hybridized carbons (Fsp3) is 0.364. The molecule has 1 aliphatic heterocycles. The van der Waals surface area contributed by atoms with Crippen molar-refractivity contribution in [3.8, 4) is 11.1 Å². The van der Waals surface area contributed by atoms with Crippen LogP contribution in [0, 0.1) is 13.8 Å². The third-order valence-electron chi connectivity index (χ3n) is 4.83. The van der Waals surface area contributed by atoms with Gasteiger partial charge < -0.3 is 10.2 Å². The van der Waals surface area contributed by atoms with Crippen molar-refractivity contribution in [2.75, 3.05) is 0 Å². The Balaban J connectivity index is 2.15. The Bertz CT molecular complexity index is 996. The number of ether oxygens (including phenoxy) is 1. The maximum absolute atomic E-state index is 13.1. The minimum absolute atomic E-state index is 0.0847. The summed E-state index contributed by atoms with van der Waals surface area (Å²) in [5.74, 6) is 0.185. The van der Waals surface area contributed by atoms with Gasteiger partial charge in [-0.1, -0.05) is 29.8 Å². The van der Waals surface area contributed by atoms with Crippen molar-refractivity contribution < 1.29 is 17.9 Å². The summed E-state index contributed by atoms with van der Waals surface area (Å²) < 4.78 is 44.7. The van der Waals surface area contributed by atoms with Crippen molar-refractivity contribution in [3.05, 3.63) is 58.0 Å². The molecule has 0 saturated carbocycles. The van der Waals surface area contributed by atoms with E-state index in [1.807, 2.05) is 45.9 Å². The minimum atomic E-state index is -4.43. The van der Waals surface area contributed by atoms with Crippen LogP contribution >= 0.6 is 0 Å². The lowest BCUT2D eigenvalue weighted by Crippen LogP contribution is -2.51. The van der Waals surface area contributed by atoms with Gasteiger partial charge in [-0.15, -0.1) is 0 Å². The zero-order valence-corrected chi connectivity index (χ0v) is 16.7. The zero-order valence-electron chi connectivity index (χ0n) is 16.7. The quantitative estimate of drug-likeness (QED) is 0.855. The highest BCUT2D eigenvalue weighted by molar-refractivity contribution is 5.68. The maximum atomic E-state index is 13.1. The van der Waals surface area contributed by atoms with E-state index in [0.29, 0.717) is 5.22 Å². The smallest absolute Gasteiger partial charge is 0.425 e. The molecule has 2 aromatic rings. The number of benzene rings is 2. The number of hydrogen-bond donors (Lipinski definition) is 1. The van der Waals surface area contributed by atoms with Crippen molar-refractivity contribution in [1.29, 1.82) is 0 Å². The lowest BCUT2D eigenvalue weighted by molar-refractivity contribution is -0.200. The van der Waals surface area contributed by atoms with Gasteiger partial charge in [0.1, 0.15) is 0 Å². The molecule has 3 rings (SSSR count). The van der Waals surface area contributed by atoms with Crippen molar-refractivity contribution in [2.24, 2.45) is 0 Å². The normalized spacial score (nSPS) is 15.0. The molecule has 0 fully saturated rings. The number of nitrogens with zero attached hydrogens (tertiary/aromatic N) is 1. The first-order chi connectivity index (χ1) is 13.1. The Morgan fingerprint density at radius 3 is 2.36 bits per heavy atom. The minimum Gasteiger partial charge on any atom is -0.465 e. The highest BCUT2D eigenvalue weighted by Crippen LogP contribution is 2.26. The Morgan fingerprint density at radius 2 is 1.71 bits per heavy atom. The second kappa shape index (κ2) is 7.41. The molecule has 2 aromatic carbocycles. The van der Waals surface area contributed by atoms with Crippen LogP contribution in [-0.2, 0) is 4.74 Å². The zero-order chi connectivity index (χ0) is 20.6. The van der Waals surface area contributed by atoms with Gasteiger partial charge in [-0.05, 0) is 63.4 Å². The van der Waals surface area contributed by atoms with E-state index in [2.05, 4.69) is 23.6 Å². The molecule has 1 aliphatic rings. The summed E-state index contributed by atoms with van der Waals surface area (Å²) in [6, 6.07) is 11.9. The van der Waals surface area contributed by atoms with E-state index in [-0.39, 0.29) is 11.9 Å². The van der Waals surface area contributed by atoms with E-state index in [1.165, 1.54) is 0 Å². The Morgan fingerprint density at radius 1 is 1.00 bits per heavy atom. The molecule has 3 nitrogen and oxygen atoms in total. The number of hydrogen-bond acceptors (Lipinski definition) is 3. The topological polar surface area (TPSA) is 24.5 Å². The van der Waals surface area contributed by atoms with Gasteiger partial charge in [-0.25, -0.2) is 0 Å². The van der Waals surface area contributed by atoms with Gasteiger partial charge in [0.05, 0.1) is 0 Å². The molecule has 0 radical (unpaired) electrons. The summed E-state index contributed by atoms with van der Waals surface area (Å²) in [5.41, 5.74) is 7.48. The average Bonchev–Trinajstić information content (AvgIpc) is 2.62. The molecule has 28 heavy (non-hydrogen) atoms. The van der Waals surface area contributed by atoms with E-state index in [4.69, 9.17) is 4.74 Å². The molecule has 0 aromatic heterocycles. The Kier molecular flexibility index (Phi) is 5.33. The van der Waals surface area contributed by atoms with Crippen LogP contribution in [-0.4, -0.2) is 23.3 Å². The van der Waals surface area contributed by atoms with Gasteiger partial charge in [0.25, 0.3) is 0 Å². The van der Waals surface area contributed by atoms with Crippen LogP contribution in [0.1, 0.15) is 31.9 Å². The Hall–Kier alpha value is -2.63. The van der Waals surface area contributed by atoms with Crippen molar-refractivity contribution in [1.82, 2.24) is 10.4 Å². The highest BCUT2D eigenvalue weighted by Gasteiger charge is 2.39. The molecular weight excluding hydrogens is 365 g/mol. The molecule has 6 heteroatoms. The van der Waals surface area contributed by atoms with Crippen LogP contribution in [0.5, 0.6) is 0 Å². The Labute approximate surface area is 163 Å². The third kappa shape index (κ3) is 3.96. The number of alkyl halides is 3. The second-order valence-corrected chi connectivity index (χ2v) is 7.46. The molecule has 0 amide bonds. The first-order valence-corrected chi connectivity index (χ1v) is 9.29. The molecule has 150 valence electrons. The predicted molar refractivity (Wildman–Crippen MR) is 105 cm³/mol.